The number of ether oxygens (including phenoxy) is 1. The average Bonchev–Trinajstić information content (AvgIpc) is 3.49. The summed E-state index contributed by atoms with van der Waals surface area (Å²) in [7, 11) is 0. The number of nitrogens with zero attached hydrogens (tertiary/aromatic N) is 6. The second-order valence-electron chi connectivity index (χ2n) is 6.97. The smallest absolute Gasteiger partial charge is 0.343 e. The number of carbonyl (C=O) groups excluding carboxylic acids is 1. The van der Waals surface area contributed by atoms with E-state index in [1.54, 1.807) is 20.3 Å². The van der Waals surface area contributed by atoms with Crippen molar-refractivity contribution in [3.8, 4) is 5.69 Å². The van der Waals surface area contributed by atoms with Gasteiger partial charge in [0.15, 0.2) is 11.5 Å². The summed E-state index contributed by atoms with van der Waals surface area (Å²) in [6.07, 6.45) is 2.28. The molecule has 2 aliphatic rings. The molecule has 30 heavy (non-hydrogen) atoms. The second-order valence-corrected chi connectivity index (χ2v) is 6.97. The lowest BCUT2D eigenvalue weighted by atomic mass is 10.0. The maximum absolute atomic E-state index is 12.8. The van der Waals surface area contributed by atoms with Gasteiger partial charge in [-0.1, -0.05) is 23.4 Å². The summed E-state index contributed by atoms with van der Waals surface area (Å²) in [4.78, 5) is 34.8. The molecule has 3 aromatic rings. The fraction of sp³-hybridized carbons (Fsp3) is 0.333. The van der Waals surface area contributed by atoms with Gasteiger partial charge in [0.05, 0.1) is 25.0 Å². The molecular formula is C18H19N7O5. The van der Waals surface area contributed by atoms with Gasteiger partial charge in [-0.3, -0.25) is 14.2 Å². The Labute approximate surface area is 169 Å². The lowest BCUT2D eigenvalue weighted by Gasteiger charge is -2.33. The Kier molecular flexibility index (Phi) is 5.14. The highest BCUT2D eigenvalue weighted by molar-refractivity contribution is 5.92. The standard InChI is InChI=1S/C17H17N7O3.CH2O2/c25-15(13-8-24(21-18-13)12-4-2-1-3-5-12)22-7-6-17(10-22)11-23-14(9-27-17)19-20-16(23)26;2-1-3/h1-5,8H,6-7,9-11H2,(H,20,26);1H,(H,2,3). The van der Waals surface area contributed by atoms with Crippen molar-refractivity contribution in [1.29, 1.82) is 0 Å². The van der Waals surface area contributed by atoms with E-state index in [-0.39, 0.29) is 30.4 Å². The molecule has 1 unspecified atom stereocenters. The normalized spacial score (nSPS) is 19.8. The predicted octanol–water partition coefficient (Wildman–Crippen LogP) is -0.332. The molecule has 5 rings (SSSR count). The van der Waals surface area contributed by atoms with Crippen LogP contribution in [0.3, 0.4) is 0 Å². The molecule has 0 saturated carbocycles. The first-order valence-corrected chi connectivity index (χ1v) is 9.18. The topological polar surface area (TPSA) is 148 Å². The van der Waals surface area contributed by atoms with E-state index in [2.05, 4.69) is 20.5 Å². The first-order valence-electron chi connectivity index (χ1n) is 9.18. The average molecular weight is 413 g/mol. The molecule has 2 aromatic heterocycles. The van der Waals surface area contributed by atoms with Crippen LogP contribution in [0.1, 0.15) is 22.7 Å². The Morgan fingerprint density at radius 2 is 2.03 bits per heavy atom. The van der Waals surface area contributed by atoms with Gasteiger partial charge in [-0.2, -0.15) is 5.10 Å². The van der Waals surface area contributed by atoms with E-state index in [0.29, 0.717) is 31.9 Å². The van der Waals surface area contributed by atoms with Gasteiger partial charge in [0.2, 0.25) is 0 Å². The molecule has 1 spiro atoms. The number of H-pyrrole nitrogens is 1. The molecule has 2 N–H and O–H groups in total. The third-order valence-electron chi connectivity index (χ3n) is 5.13. The molecule has 0 aliphatic carbocycles. The summed E-state index contributed by atoms with van der Waals surface area (Å²) in [5.74, 6) is 0.393. The van der Waals surface area contributed by atoms with Crippen LogP contribution in [0.15, 0.2) is 41.3 Å². The maximum atomic E-state index is 12.8. The minimum Gasteiger partial charge on any atom is -0.483 e. The molecule has 0 radical (unpaired) electrons. The van der Waals surface area contributed by atoms with E-state index in [1.165, 1.54) is 0 Å². The van der Waals surface area contributed by atoms with Gasteiger partial charge in [-0.05, 0) is 18.6 Å². The van der Waals surface area contributed by atoms with Crippen LogP contribution in [0.2, 0.25) is 0 Å². The van der Waals surface area contributed by atoms with Crippen LogP contribution in [-0.2, 0) is 22.7 Å². The van der Waals surface area contributed by atoms with Crippen molar-refractivity contribution in [2.24, 2.45) is 0 Å². The monoisotopic (exact) mass is 413 g/mol. The van der Waals surface area contributed by atoms with Gasteiger partial charge in [-0.15, -0.1) is 5.10 Å². The number of para-hydroxylation sites is 1. The summed E-state index contributed by atoms with van der Waals surface area (Å²) < 4.78 is 9.14. The zero-order valence-electron chi connectivity index (χ0n) is 15.8. The molecule has 2 aliphatic heterocycles. The predicted molar refractivity (Wildman–Crippen MR) is 101 cm³/mol. The minimum absolute atomic E-state index is 0.192. The highest BCUT2D eigenvalue weighted by atomic mass is 16.5. The molecule has 0 bridgehead atoms. The third kappa shape index (κ3) is 3.59. The highest BCUT2D eigenvalue weighted by Gasteiger charge is 2.45. The number of carbonyl (C=O) groups is 2. The van der Waals surface area contributed by atoms with Crippen molar-refractivity contribution >= 4 is 12.4 Å². The quantitative estimate of drug-likeness (QED) is 0.543. The van der Waals surface area contributed by atoms with Crippen LogP contribution in [0, 0.1) is 0 Å². The highest BCUT2D eigenvalue weighted by Crippen LogP contribution is 2.31. The van der Waals surface area contributed by atoms with Crippen LogP contribution in [0.25, 0.3) is 5.69 Å². The van der Waals surface area contributed by atoms with Crippen molar-refractivity contribution in [3.05, 3.63) is 58.5 Å². The van der Waals surface area contributed by atoms with Gasteiger partial charge in [0.25, 0.3) is 12.4 Å². The number of nitrogens with one attached hydrogen (secondary N) is 1. The van der Waals surface area contributed by atoms with E-state index >= 15 is 0 Å². The molecule has 1 saturated heterocycles. The number of rotatable bonds is 2. The number of benzene rings is 1. The SMILES string of the molecule is O=C(c1cn(-c2ccccc2)nn1)N1CCC2(C1)Cn1c(n[nH]c1=O)CO2.O=CO. The Morgan fingerprint density at radius 3 is 2.80 bits per heavy atom. The Morgan fingerprint density at radius 1 is 1.27 bits per heavy atom. The van der Waals surface area contributed by atoms with Crippen molar-refractivity contribution in [2.45, 2.75) is 25.2 Å². The molecule has 1 aromatic carbocycles. The number of amides is 1. The number of hydrogen-bond donors (Lipinski definition) is 2. The van der Waals surface area contributed by atoms with E-state index in [4.69, 9.17) is 14.6 Å². The molecule has 1 atom stereocenters. The lowest BCUT2D eigenvalue weighted by molar-refractivity contribution is -0.122. The summed E-state index contributed by atoms with van der Waals surface area (Å²) in [5.41, 5.74) is 0.312. The summed E-state index contributed by atoms with van der Waals surface area (Å²) in [6.45, 7) is 1.34. The van der Waals surface area contributed by atoms with Crippen molar-refractivity contribution < 1.29 is 19.4 Å². The molecule has 156 valence electrons. The van der Waals surface area contributed by atoms with E-state index in [0.717, 1.165) is 5.69 Å². The van der Waals surface area contributed by atoms with Crippen molar-refractivity contribution in [1.82, 2.24) is 34.7 Å². The van der Waals surface area contributed by atoms with Gasteiger partial charge >= 0.3 is 5.69 Å². The van der Waals surface area contributed by atoms with Crippen LogP contribution in [0.4, 0.5) is 0 Å². The van der Waals surface area contributed by atoms with Gasteiger partial charge in [-0.25, -0.2) is 14.6 Å². The van der Waals surface area contributed by atoms with Gasteiger partial charge in [0, 0.05) is 6.54 Å². The summed E-state index contributed by atoms with van der Waals surface area (Å²) in [6, 6.07) is 9.50. The summed E-state index contributed by atoms with van der Waals surface area (Å²) >= 11 is 0. The maximum Gasteiger partial charge on any atom is 0.343 e. The third-order valence-corrected chi connectivity index (χ3v) is 5.13. The number of aromatic amines is 1. The summed E-state index contributed by atoms with van der Waals surface area (Å²) in [5, 5.41) is 21.3. The van der Waals surface area contributed by atoms with E-state index < -0.39 is 5.60 Å². The first kappa shape index (κ1) is 19.5. The largest absolute Gasteiger partial charge is 0.483 e. The number of likely N-dealkylation sites (tertiary alicyclic amines) is 1. The number of aromatic nitrogens is 6. The van der Waals surface area contributed by atoms with Crippen molar-refractivity contribution in [3.63, 3.8) is 0 Å². The van der Waals surface area contributed by atoms with Crippen LogP contribution in [-0.4, -0.2) is 70.8 Å². The molecule has 12 nitrogen and oxygen atoms in total. The van der Waals surface area contributed by atoms with E-state index in [1.807, 2.05) is 30.3 Å². The Bertz CT molecular complexity index is 1110. The number of carboxylic acid groups (broad SMARTS) is 1. The molecular weight excluding hydrogens is 394 g/mol. The Hall–Kier alpha value is -3.80. The first-order chi connectivity index (χ1) is 14.5. The zero-order chi connectivity index (χ0) is 21.1. The van der Waals surface area contributed by atoms with Crippen LogP contribution in [0.5, 0.6) is 0 Å². The molecule has 1 fully saturated rings. The minimum atomic E-state index is -0.564. The zero-order valence-corrected chi connectivity index (χ0v) is 15.8. The fourth-order valence-corrected chi connectivity index (χ4v) is 3.67. The molecule has 4 heterocycles. The Balaban J connectivity index is 0.000000687. The van der Waals surface area contributed by atoms with E-state index in [9.17, 15) is 9.59 Å². The second kappa shape index (κ2) is 7.91. The van der Waals surface area contributed by atoms with Crippen LogP contribution < -0.4 is 5.69 Å². The van der Waals surface area contributed by atoms with Gasteiger partial charge < -0.3 is 14.7 Å². The fourth-order valence-electron chi connectivity index (χ4n) is 3.67. The number of hydrogen-bond acceptors (Lipinski definition) is 7. The number of fused-ring (bicyclic) bond motifs is 1. The van der Waals surface area contributed by atoms with Gasteiger partial charge in [0.1, 0.15) is 12.2 Å². The lowest BCUT2D eigenvalue weighted by Crippen LogP contribution is -2.47. The molecule has 1 amide bonds. The molecule has 12 heteroatoms. The van der Waals surface area contributed by atoms with Crippen LogP contribution >= 0.6 is 0 Å². The van der Waals surface area contributed by atoms with Crippen molar-refractivity contribution in [2.75, 3.05) is 13.1 Å².